The molecule has 3 aromatic rings. The first-order valence-corrected chi connectivity index (χ1v) is 9.38. The van der Waals surface area contributed by atoms with Gasteiger partial charge in [0, 0.05) is 22.7 Å². The maximum atomic E-state index is 12.7. The summed E-state index contributed by atoms with van der Waals surface area (Å²) in [6, 6.07) is 8.79. The van der Waals surface area contributed by atoms with Crippen LogP contribution < -0.4 is 9.47 Å². The van der Waals surface area contributed by atoms with Crippen molar-refractivity contribution in [2.24, 2.45) is 5.92 Å². The minimum Gasteiger partial charge on any atom is -0.493 e. The van der Waals surface area contributed by atoms with Crippen molar-refractivity contribution < 1.29 is 32.5 Å². The van der Waals surface area contributed by atoms with Crippen molar-refractivity contribution in [2.45, 2.75) is 33.7 Å². The number of nitrogens with zero attached hydrogens (tertiary/aromatic N) is 1. The smallest absolute Gasteiger partial charge is 0.493 e. The fourth-order valence-electron chi connectivity index (χ4n) is 3.20. The number of hydrogen-bond acceptors (Lipinski definition) is 3. The molecule has 2 aromatic carbocycles. The fraction of sp³-hybridized carbons (Fsp3) is 0.318. The minimum absolute atomic E-state index is 0.171. The van der Waals surface area contributed by atoms with Gasteiger partial charge in [0.05, 0.1) is 18.7 Å². The van der Waals surface area contributed by atoms with Gasteiger partial charge in [-0.25, -0.2) is 4.79 Å². The third-order valence-electron chi connectivity index (χ3n) is 4.51. The molecule has 0 aliphatic rings. The van der Waals surface area contributed by atoms with Gasteiger partial charge in [0.15, 0.2) is 0 Å². The Hall–Kier alpha value is -3.16. The average Bonchev–Trinajstić information content (AvgIpc) is 2.95. The maximum Gasteiger partial charge on any atom is 0.573 e. The number of carboxylic acid groups (broad SMARTS) is 1. The summed E-state index contributed by atoms with van der Waals surface area (Å²) in [6.45, 7) is 6.45. The van der Waals surface area contributed by atoms with Crippen LogP contribution in [0.2, 0.25) is 0 Å². The molecule has 1 N–H and O–H groups in total. The summed E-state index contributed by atoms with van der Waals surface area (Å²) < 4.78 is 49.7. The summed E-state index contributed by atoms with van der Waals surface area (Å²) in [4.78, 5) is 11.2. The number of rotatable bonds is 7. The van der Waals surface area contributed by atoms with E-state index in [9.17, 15) is 23.1 Å². The molecule has 30 heavy (non-hydrogen) atoms. The number of halogens is 3. The van der Waals surface area contributed by atoms with Crippen molar-refractivity contribution in [1.29, 1.82) is 0 Å². The molecule has 160 valence electrons. The van der Waals surface area contributed by atoms with Gasteiger partial charge in [-0.1, -0.05) is 13.8 Å². The van der Waals surface area contributed by atoms with Gasteiger partial charge in [-0.05, 0) is 54.8 Å². The molecule has 0 radical (unpaired) electrons. The molecule has 8 heteroatoms. The van der Waals surface area contributed by atoms with Crippen molar-refractivity contribution >= 4 is 16.9 Å². The zero-order valence-corrected chi connectivity index (χ0v) is 16.8. The molecular formula is C22H22F3NO4. The van der Waals surface area contributed by atoms with Gasteiger partial charge >= 0.3 is 12.3 Å². The highest BCUT2D eigenvalue weighted by molar-refractivity contribution is 5.94. The molecule has 5 nitrogen and oxygen atoms in total. The van der Waals surface area contributed by atoms with Crippen LogP contribution in [0.15, 0.2) is 42.6 Å². The minimum atomic E-state index is -4.79. The highest BCUT2D eigenvalue weighted by atomic mass is 19.4. The second kappa shape index (κ2) is 8.30. The molecule has 0 fully saturated rings. The second-order valence-electron chi connectivity index (χ2n) is 7.50. The lowest BCUT2D eigenvalue weighted by Gasteiger charge is -2.16. The molecular weight excluding hydrogens is 399 g/mol. The second-order valence-corrected chi connectivity index (χ2v) is 7.50. The number of fused-ring (bicyclic) bond motifs is 1. The number of aromatic carboxylic acids is 1. The number of hydrogen-bond donors (Lipinski definition) is 1. The summed E-state index contributed by atoms with van der Waals surface area (Å²) >= 11 is 0. The van der Waals surface area contributed by atoms with E-state index in [2.05, 4.69) is 4.74 Å². The Bertz CT molecular complexity index is 1070. The lowest BCUT2D eigenvalue weighted by atomic mass is 10.1. The first kappa shape index (κ1) is 21.5. The Kier molecular flexibility index (Phi) is 5.96. The number of alkyl halides is 3. The molecule has 0 unspecified atom stereocenters. The SMILES string of the molecule is Cc1cn(Cc2cc(OC(F)(F)F)ccc2OCC(C)C)c2ccc(C(=O)O)cc12. The predicted octanol–water partition coefficient (Wildman–Crippen LogP) is 5.63. The Balaban J connectivity index is 2.00. The van der Waals surface area contributed by atoms with Crippen molar-refractivity contribution in [3.05, 3.63) is 59.3 Å². The van der Waals surface area contributed by atoms with Gasteiger partial charge in [-0.2, -0.15) is 0 Å². The van der Waals surface area contributed by atoms with E-state index >= 15 is 0 Å². The third kappa shape index (κ3) is 5.06. The van der Waals surface area contributed by atoms with Crippen LogP contribution in [0.5, 0.6) is 11.5 Å². The molecule has 1 aromatic heterocycles. The lowest BCUT2D eigenvalue weighted by molar-refractivity contribution is -0.274. The summed E-state index contributed by atoms with van der Waals surface area (Å²) in [6.07, 6.45) is -2.96. The average molecular weight is 421 g/mol. The van der Waals surface area contributed by atoms with E-state index in [1.54, 1.807) is 12.1 Å². The topological polar surface area (TPSA) is 60.7 Å². The maximum absolute atomic E-state index is 12.7. The van der Waals surface area contributed by atoms with E-state index in [0.717, 1.165) is 16.5 Å². The number of carbonyl (C=O) groups is 1. The Labute approximate surface area is 171 Å². The monoisotopic (exact) mass is 421 g/mol. The standard InChI is InChI=1S/C22H22F3NO4/c1-13(2)12-29-20-7-5-17(30-22(23,24)25)8-16(20)11-26-10-14(3)18-9-15(21(27)28)4-6-19(18)26/h4-10,13H,11-12H2,1-3H3,(H,27,28). The summed E-state index contributed by atoms with van der Waals surface area (Å²) in [5, 5.41) is 9.98. The van der Waals surface area contributed by atoms with Gasteiger partial charge in [0.25, 0.3) is 0 Å². The van der Waals surface area contributed by atoms with Crippen LogP contribution in [0.25, 0.3) is 10.9 Å². The quantitative estimate of drug-likeness (QED) is 0.537. The molecule has 0 atom stereocenters. The molecule has 0 saturated heterocycles. The van der Waals surface area contributed by atoms with Crippen LogP contribution in [-0.4, -0.2) is 28.6 Å². The van der Waals surface area contributed by atoms with E-state index in [-0.39, 0.29) is 23.8 Å². The van der Waals surface area contributed by atoms with E-state index in [4.69, 9.17) is 4.74 Å². The van der Waals surface area contributed by atoms with Gasteiger partial charge < -0.3 is 19.1 Å². The molecule has 0 aliphatic carbocycles. The number of benzene rings is 2. The summed E-state index contributed by atoms with van der Waals surface area (Å²) in [5.41, 5.74) is 2.33. The number of aryl methyl sites for hydroxylation is 1. The van der Waals surface area contributed by atoms with Crippen molar-refractivity contribution in [3.63, 3.8) is 0 Å². The van der Waals surface area contributed by atoms with Crippen LogP contribution in [0.1, 0.15) is 35.3 Å². The van der Waals surface area contributed by atoms with Gasteiger partial charge in [-0.15, -0.1) is 13.2 Å². The van der Waals surface area contributed by atoms with Gasteiger partial charge in [-0.3, -0.25) is 0 Å². The molecule has 0 saturated carbocycles. The highest BCUT2D eigenvalue weighted by Crippen LogP contribution is 2.31. The van der Waals surface area contributed by atoms with Crippen molar-refractivity contribution in [1.82, 2.24) is 4.57 Å². The third-order valence-corrected chi connectivity index (χ3v) is 4.51. The van der Waals surface area contributed by atoms with E-state index in [1.807, 2.05) is 31.5 Å². The van der Waals surface area contributed by atoms with Crippen LogP contribution in [0.4, 0.5) is 13.2 Å². The van der Waals surface area contributed by atoms with Crippen molar-refractivity contribution in [3.8, 4) is 11.5 Å². The highest BCUT2D eigenvalue weighted by Gasteiger charge is 2.31. The van der Waals surface area contributed by atoms with Crippen LogP contribution in [-0.2, 0) is 6.54 Å². The van der Waals surface area contributed by atoms with Crippen LogP contribution >= 0.6 is 0 Å². The molecule has 0 aliphatic heterocycles. The van der Waals surface area contributed by atoms with Gasteiger partial charge in [0.1, 0.15) is 11.5 Å². The van der Waals surface area contributed by atoms with Crippen molar-refractivity contribution in [2.75, 3.05) is 6.61 Å². The molecule has 1 heterocycles. The largest absolute Gasteiger partial charge is 0.573 e. The lowest BCUT2D eigenvalue weighted by Crippen LogP contribution is -2.17. The van der Waals surface area contributed by atoms with E-state index in [1.165, 1.54) is 24.3 Å². The first-order chi connectivity index (χ1) is 14.0. The fourth-order valence-corrected chi connectivity index (χ4v) is 3.20. The Morgan fingerprint density at radius 2 is 1.90 bits per heavy atom. The molecule has 0 spiro atoms. The van der Waals surface area contributed by atoms with Gasteiger partial charge in [0.2, 0.25) is 0 Å². The van der Waals surface area contributed by atoms with Crippen LogP contribution in [0.3, 0.4) is 0 Å². The zero-order chi connectivity index (χ0) is 22.1. The summed E-state index contributed by atoms with van der Waals surface area (Å²) in [7, 11) is 0. The molecule has 0 bridgehead atoms. The number of carboxylic acids is 1. The Morgan fingerprint density at radius 1 is 1.17 bits per heavy atom. The Morgan fingerprint density at radius 3 is 2.53 bits per heavy atom. The number of aromatic nitrogens is 1. The normalized spacial score (nSPS) is 11.8. The van der Waals surface area contributed by atoms with E-state index < -0.39 is 12.3 Å². The molecule has 3 rings (SSSR count). The first-order valence-electron chi connectivity index (χ1n) is 9.38. The summed E-state index contributed by atoms with van der Waals surface area (Å²) in [5.74, 6) is -0.630. The number of ether oxygens (including phenoxy) is 2. The van der Waals surface area contributed by atoms with Crippen LogP contribution in [0, 0.1) is 12.8 Å². The zero-order valence-electron chi connectivity index (χ0n) is 16.8. The molecule has 0 amide bonds. The van der Waals surface area contributed by atoms with E-state index in [0.29, 0.717) is 17.9 Å². The predicted molar refractivity (Wildman–Crippen MR) is 106 cm³/mol.